The van der Waals surface area contributed by atoms with Crippen LogP contribution in [0.4, 0.5) is 0 Å². The Morgan fingerprint density at radius 3 is 1.75 bits per heavy atom. The van der Waals surface area contributed by atoms with Crippen molar-refractivity contribution >= 4 is 33.2 Å². The van der Waals surface area contributed by atoms with Crippen molar-refractivity contribution in [1.82, 2.24) is 9.62 Å². The number of nitrogens with one attached hydrogen (secondary N) is 1. The Bertz CT molecular complexity index is 1380. The molecule has 2 atom stereocenters. The highest BCUT2D eigenvalue weighted by Gasteiger charge is 2.42. The summed E-state index contributed by atoms with van der Waals surface area (Å²) in [7, 11) is -3.65. The van der Waals surface area contributed by atoms with Gasteiger partial charge in [0.15, 0.2) is 0 Å². The van der Waals surface area contributed by atoms with E-state index in [-0.39, 0.29) is 23.0 Å². The number of sulfonamides is 1. The molecule has 1 fully saturated rings. The molecule has 4 aromatic carbocycles. The third kappa shape index (κ3) is 5.22. The van der Waals surface area contributed by atoms with Crippen LogP contribution in [-0.2, 0) is 10.0 Å². The number of hydrogen-bond donors (Lipinski definition) is 1. The van der Waals surface area contributed by atoms with Crippen LogP contribution in [0.1, 0.15) is 24.1 Å². The standard InChI is InChI=1S/C29H26Cl2N2O2S/c1-20-28(32-36(34,35)27-17-11-22(12-18-27)21-5-3-2-4-6-21)19-33(20)29(23-7-13-25(30)14-8-23)24-9-15-26(31)16-10-24/h2-18,20,28-29,32H,19H2,1H3/t20-,28+/m0/s1. The molecule has 4 nitrogen and oxygen atoms in total. The molecule has 0 aromatic heterocycles. The van der Waals surface area contributed by atoms with Gasteiger partial charge in [-0.05, 0) is 65.6 Å². The lowest BCUT2D eigenvalue weighted by atomic mass is 9.89. The summed E-state index contributed by atoms with van der Waals surface area (Å²) in [6, 6.07) is 32.2. The van der Waals surface area contributed by atoms with Crippen LogP contribution in [0.15, 0.2) is 108 Å². The van der Waals surface area contributed by atoms with E-state index < -0.39 is 10.0 Å². The van der Waals surface area contributed by atoms with Crippen molar-refractivity contribution in [3.63, 3.8) is 0 Å². The molecule has 5 rings (SSSR count). The van der Waals surface area contributed by atoms with Crippen LogP contribution in [-0.4, -0.2) is 31.9 Å². The van der Waals surface area contributed by atoms with Crippen LogP contribution in [0, 0.1) is 0 Å². The lowest BCUT2D eigenvalue weighted by Gasteiger charge is -2.50. The highest BCUT2D eigenvalue weighted by atomic mass is 35.5. The first-order chi connectivity index (χ1) is 17.3. The minimum Gasteiger partial charge on any atom is -0.286 e. The number of benzene rings is 4. The molecule has 0 saturated carbocycles. The van der Waals surface area contributed by atoms with Crippen LogP contribution in [0.2, 0.25) is 10.0 Å². The Morgan fingerprint density at radius 2 is 1.25 bits per heavy atom. The van der Waals surface area contributed by atoms with Gasteiger partial charge >= 0.3 is 0 Å². The average Bonchev–Trinajstić information content (AvgIpc) is 2.90. The molecule has 4 aromatic rings. The first kappa shape index (κ1) is 25.0. The minimum absolute atomic E-state index is 0.0141. The molecular formula is C29H26Cl2N2O2S. The van der Waals surface area contributed by atoms with Crippen LogP contribution in [0.25, 0.3) is 11.1 Å². The van der Waals surface area contributed by atoms with E-state index in [2.05, 4.69) is 9.62 Å². The molecule has 0 unspecified atom stereocenters. The van der Waals surface area contributed by atoms with Gasteiger partial charge in [-0.15, -0.1) is 0 Å². The topological polar surface area (TPSA) is 49.4 Å². The van der Waals surface area contributed by atoms with Crippen molar-refractivity contribution in [3.8, 4) is 11.1 Å². The maximum Gasteiger partial charge on any atom is 0.240 e. The molecule has 36 heavy (non-hydrogen) atoms. The number of hydrogen-bond acceptors (Lipinski definition) is 3. The van der Waals surface area contributed by atoms with E-state index in [0.29, 0.717) is 16.6 Å². The number of halogens is 2. The highest BCUT2D eigenvalue weighted by Crippen LogP contribution is 2.37. The molecule has 1 aliphatic rings. The van der Waals surface area contributed by atoms with Crippen molar-refractivity contribution in [2.45, 2.75) is 29.9 Å². The van der Waals surface area contributed by atoms with Gasteiger partial charge < -0.3 is 0 Å². The summed E-state index contributed by atoms with van der Waals surface area (Å²) in [6.07, 6.45) is 0. The van der Waals surface area contributed by atoms with Gasteiger partial charge in [0.25, 0.3) is 0 Å². The molecule has 0 spiro atoms. The fourth-order valence-electron chi connectivity index (χ4n) is 4.71. The first-order valence-corrected chi connectivity index (χ1v) is 14.0. The Balaban J connectivity index is 1.33. The van der Waals surface area contributed by atoms with E-state index in [0.717, 1.165) is 22.3 Å². The molecule has 0 amide bonds. The molecule has 0 bridgehead atoms. The van der Waals surface area contributed by atoms with Gasteiger partial charge in [0.1, 0.15) is 0 Å². The third-order valence-electron chi connectivity index (χ3n) is 6.79. The molecular weight excluding hydrogens is 511 g/mol. The van der Waals surface area contributed by atoms with E-state index in [1.807, 2.05) is 97.9 Å². The molecule has 1 saturated heterocycles. The van der Waals surface area contributed by atoms with Gasteiger partial charge in [0.05, 0.1) is 17.0 Å². The van der Waals surface area contributed by atoms with E-state index in [9.17, 15) is 8.42 Å². The summed E-state index contributed by atoms with van der Waals surface area (Å²) in [6.45, 7) is 2.63. The number of rotatable bonds is 7. The highest BCUT2D eigenvalue weighted by molar-refractivity contribution is 7.89. The summed E-state index contributed by atoms with van der Waals surface area (Å²) < 4.78 is 29.2. The van der Waals surface area contributed by atoms with Crippen molar-refractivity contribution in [3.05, 3.63) is 124 Å². The molecule has 1 aliphatic heterocycles. The van der Waals surface area contributed by atoms with Crippen molar-refractivity contribution in [2.24, 2.45) is 0 Å². The van der Waals surface area contributed by atoms with E-state index in [1.165, 1.54) is 0 Å². The zero-order valence-electron chi connectivity index (χ0n) is 19.7. The average molecular weight is 538 g/mol. The van der Waals surface area contributed by atoms with Crippen LogP contribution in [0.3, 0.4) is 0 Å². The number of likely N-dealkylation sites (tertiary alicyclic amines) is 1. The Labute approximate surface area is 222 Å². The monoisotopic (exact) mass is 536 g/mol. The zero-order chi connectivity index (χ0) is 25.3. The molecule has 7 heteroatoms. The summed E-state index contributed by atoms with van der Waals surface area (Å²) in [5.74, 6) is 0. The maximum atomic E-state index is 13.2. The van der Waals surface area contributed by atoms with Crippen molar-refractivity contribution in [2.75, 3.05) is 6.54 Å². The molecule has 0 radical (unpaired) electrons. The lowest BCUT2D eigenvalue weighted by Crippen LogP contribution is -2.66. The fourth-order valence-corrected chi connectivity index (χ4v) is 6.26. The van der Waals surface area contributed by atoms with Crippen LogP contribution in [0.5, 0.6) is 0 Å². The van der Waals surface area contributed by atoms with E-state index >= 15 is 0 Å². The van der Waals surface area contributed by atoms with Gasteiger partial charge in [-0.1, -0.05) is 89.9 Å². The quantitative estimate of drug-likeness (QED) is 0.282. The first-order valence-electron chi connectivity index (χ1n) is 11.8. The zero-order valence-corrected chi connectivity index (χ0v) is 22.0. The summed E-state index contributed by atoms with van der Waals surface area (Å²) in [5.41, 5.74) is 4.21. The molecule has 0 aliphatic carbocycles. The predicted octanol–water partition coefficient (Wildman–Crippen LogP) is 6.80. The Hall–Kier alpha value is -2.67. The lowest BCUT2D eigenvalue weighted by molar-refractivity contribution is 0.0370. The normalized spacial score (nSPS) is 18.2. The summed E-state index contributed by atoms with van der Waals surface area (Å²) >= 11 is 12.3. The smallest absolute Gasteiger partial charge is 0.240 e. The third-order valence-corrected chi connectivity index (χ3v) is 8.80. The second-order valence-electron chi connectivity index (χ2n) is 9.06. The molecule has 1 heterocycles. The molecule has 184 valence electrons. The maximum absolute atomic E-state index is 13.2. The van der Waals surface area contributed by atoms with Gasteiger partial charge in [0.2, 0.25) is 10.0 Å². The van der Waals surface area contributed by atoms with Gasteiger partial charge in [-0.3, -0.25) is 4.90 Å². The Kier molecular flexibility index (Phi) is 7.20. The largest absolute Gasteiger partial charge is 0.286 e. The van der Waals surface area contributed by atoms with Gasteiger partial charge in [-0.25, -0.2) is 13.1 Å². The van der Waals surface area contributed by atoms with E-state index in [1.54, 1.807) is 12.1 Å². The van der Waals surface area contributed by atoms with Crippen LogP contribution < -0.4 is 4.72 Å². The number of nitrogens with zero attached hydrogens (tertiary/aromatic N) is 1. The summed E-state index contributed by atoms with van der Waals surface area (Å²) in [5, 5.41) is 1.35. The molecule has 1 N–H and O–H groups in total. The second-order valence-corrected chi connectivity index (χ2v) is 11.6. The minimum atomic E-state index is -3.65. The van der Waals surface area contributed by atoms with Gasteiger partial charge in [-0.2, -0.15) is 0 Å². The van der Waals surface area contributed by atoms with Crippen molar-refractivity contribution < 1.29 is 8.42 Å². The summed E-state index contributed by atoms with van der Waals surface area (Å²) in [4.78, 5) is 2.55. The fraction of sp³-hybridized carbons (Fsp3) is 0.172. The second kappa shape index (κ2) is 10.4. The predicted molar refractivity (Wildman–Crippen MR) is 147 cm³/mol. The van der Waals surface area contributed by atoms with E-state index in [4.69, 9.17) is 23.2 Å². The van der Waals surface area contributed by atoms with Crippen molar-refractivity contribution in [1.29, 1.82) is 0 Å². The SMILES string of the molecule is C[C@H]1[C@H](NS(=O)(=O)c2ccc(-c3ccccc3)cc2)CN1C(c1ccc(Cl)cc1)c1ccc(Cl)cc1. The van der Waals surface area contributed by atoms with Gasteiger partial charge in [0, 0.05) is 22.6 Å². The van der Waals surface area contributed by atoms with Crippen LogP contribution >= 0.6 is 23.2 Å². The Morgan fingerprint density at radius 1 is 0.750 bits per heavy atom.